The summed E-state index contributed by atoms with van der Waals surface area (Å²) in [6.45, 7) is 2.37. The van der Waals surface area contributed by atoms with Gasteiger partial charge in [0.25, 0.3) is 15.9 Å². The quantitative estimate of drug-likeness (QED) is 0.503. The molecule has 3 aromatic rings. The molecule has 0 saturated heterocycles. The van der Waals surface area contributed by atoms with Gasteiger partial charge in [-0.05, 0) is 61.5 Å². The van der Waals surface area contributed by atoms with Crippen molar-refractivity contribution in [2.24, 2.45) is 0 Å². The number of benzene rings is 3. The van der Waals surface area contributed by atoms with Crippen molar-refractivity contribution in [3.8, 4) is 11.5 Å². The van der Waals surface area contributed by atoms with E-state index in [-0.39, 0.29) is 15.5 Å². The van der Waals surface area contributed by atoms with Crippen molar-refractivity contribution in [3.63, 3.8) is 0 Å². The number of carbonyl (C=O) groups is 1. The second-order valence-corrected chi connectivity index (χ2v) is 8.48. The first-order valence-electron chi connectivity index (χ1n) is 9.33. The van der Waals surface area contributed by atoms with Gasteiger partial charge in [0, 0.05) is 17.4 Å². The van der Waals surface area contributed by atoms with Crippen LogP contribution < -0.4 is 19.5 Å². The van der Waals surface area contributed by atoms with Gasteiger partial charge < -0.3 is 14.8 Å². The fourth-order valence-corrected chi connectivity index (χ4v) is 4.03. The number of amides is 1. The topological polar surface area (TPSA) is 93.7 Å². The van der Waals surface area contributed by atoms with Crippen LogP contribution in [0.25, 0.3) is 0 Å². The molecule has 0 aliphatic rings. The van der Waals surface area contributed by atoms with E-state index in [1.807, 2.05) is 6.92 Å². The zero-order chi connectivity index (χ0) is 22.4. The van der Waals surface area contributed by atoms with Crippen LogP contribution in [0.1, 0.15) is 17.3 Å². The second-order valence-electron chi connectivity index (χ2n) is 6.39. The van der Waals surface area contributed by atoms with Gasteiger partial charge in [-0.1, -0.05) is 17.7 Å². The summed E-state index contributed by atoms with van der Waals surface area (Å²) in [7, 11) is -2.43. The number of methoxy groups -OCH3 is 1. The molecule has 0 heterocycles. The summed E-state index contributed by atoms with van der Waals surface area (Å²) in [5.74, 6) is 0.657. The average molecular weight is 461 g/mol. The Morgan fingerprint density at radius 3 is 2.39 bits per heavy atom. The fraction of sp³-hybridized carbons (Fsp3) is 0.136. The first-order chi connectivity index (χ1) is 14.8. The predicted octanol–water partition coefficient (Wildman–Crippen LogP) is 4.80. The van der Waals surface area contributed by atoms with Gasteiger partial charge in [-0.3, -0.25) is 9.52 Å². The molecule has 3 rings (SSSR count). The van der Waals surface area contributed by atoms with E-state index < -0.39 is 15.9 Å². The van der Waals surface area contributed by atoms with E-state index in [0.717, 1.165) is 0 Å². The van der Waals surface area contributed by atoms with E-state index in [9.17, 15) is 13.2 Å². The summed E-state index contributed by atoms with van der Waals surface area (Å²) >= 11 is 6.16. The third-order valence-corrected chi connectivity index (χ3v) is 5.95. The lowest BCUT2D eigenvalue weighted by Gasteiger charge is -2.12. The summed E-state index contributed by atoms with van der Waals surface area (Å²) in [6, 6.07) is 17.2. The Morgan fingerprint density at radius 2 is 1.71 bits per heavy atom. The van der Waals surface area contributed by atoms with Gasteiger partial charge in [0.1, 0.15) is 11.5 Å². The van der Waals surface area contributed by atoms with Crippen LogP contribution in [0.15, 0.2) is 71.6 Å². The highest BCUT2D eigenvalue weighted by Crippen LogP contribution is 2.25. The first-order valence-corrected chi connectivity index (χ1v) is 11.2. The van der Waals surface area contributed by atoms with E-state index in [2.05, 4.69) is 10.0 Å². The molecule has 0 bridgehead atoms. The van der Waals surface area contributed by atoms with E-state index in [1.165, 1.54) is 25.3 Å². The van der Waals surface area contributed by atoms with Crippen LogP contribution in [0.2, 0.25) is 5.02 Å². The van der Waals surface area contributed by atoms with Gasteiger partial charge in [0.2, 0.25) is 0 Å². The van der Waals surface area contributed by atoms with Crippen LogP contribution >= 0.6 is 11.6 Å². The highest BCUT2D eigenvalue weighted by Gasteiger charge is 2.19. The third-order valence-electron chi connectivity index (χ3n) is 4.24. The molecule has 0 atom stereocenters. The lowest BCUT2D eigenvalue weighted by atomic mass is 10.2. The van der Waals surface area contributed by atoms with Crippen LogP contribution in [0, 0.1) is 0 Å². The number of halogens is 1. The molecule has 0 unspecified atom stereocenters. The van der Waals surface area contributed by atoms with Crippen LogP contribution in [-0.4, -0.2) is 28.0 Å². The molecular weight excluding hydrogens is 440 g/mol. The third kappa shape index (κ3) is 5.68. The number of sulfonamides is 1. The van der Waals surface area contributed by atoms with Crippen molar-refractivity contribution in [3.05, 3.63) is 77.3 Å². The maximum Gasteiger partial charge on any atom is 0.261 e. The summed E-state index contributed by atoms with van der Waals surface area (Å²) in [4.78, 5) is 12.6. The lowest BCUT2D eigenvalue weighted by Crippen LogP contribution is -2.16. The standard InChI is InChI=1S/C22H21ClN2O5S/c1-3-30-17-9-7-15(8-10-17)25-31(27,28)19-11-12-21(23)20(14-19)22(26)24-16-5-4-6-18(13-16)29-2/h4-14,25H,3H2,1-2H3,(H,24,26). The number of hydrogen-bond acceptors (Lipinski definition) is 5. The summed E-state index contributed by atoms with van der Waals surface area (Å²) < 4.78 is 38.6. The van der Waals surface area contributed by atoms with Gasteiger partial charge >= 0.3 is 0 Å². The summed E-state index contributed by atoms with van der Waals surface area (Å²) in [5, 5.41) is 2.81. The van der Waals surface area contributed by atoms with Crippen molar-refractivity contribution in [1.82, 2.24) is 0 Å². The molecule has 0 fully saturated rings. The van der Waals surface area contributed by atoms with E-state index in [4.69, 9.17) is 21.1 Å². The fourth-order valence-electron chi connectivity index (χ4n) is 2.74. The van der Waals surface area contributed by atoms with E-state index >= 15 is 0 Å². The van der Waals surface area contributed by atoms with Gasteiger partial charge in [-0.25, -0.2) is 8.42 Å². The number of hydrogen-bond donors (Lipinski definition) is 2. The first kappa shape index (κ1) is 22.5. The van der Waals surface area contributed by atoms with Crippen LogP contribution in [0.4, 0.5) is 11.4 Å². The minimum atomic E-state index is -3.94. The molecule has 0 saturated carbocycles. The molecule has 3 aromatic carbocycles. The molecule has 9 heteroatoms. The molecule has 0 spiro atoms. The number of anilines is 2. The molecule has 162 valence electrons. The number of nitrogens with one attached hydrogen (secondary N) is 2. The van der Waals surface area contributed by atoms with Crippen molar-refractivity contribution in [1.29, 1.82) is 0 Å². The van der Waals surface area contributed by atoms with Crippen LogP contribution in [0.5, 0.6) is 11.5 Å². The maximum absolute atomic E-state index is 12.8. The molecular formula is C22H21ClN2O5S. The van der Waals surface area contributed by atoms with Crippen molar-refractivity contribution in [2.75, 3.05) is 23.8 Å². The molecule has 2 N–H and O–H groups in total. The smallest absolute Gasteiger partial charge is 0.261 e. The lowest BCUT2D eigenvalue weighted by molar-refractivity contribution is 0.102. The summed E-state index contributed by atoms with van der Waals surface area (Å²) in [6.07, 6.45) is 0. The Labute approximate surface area is 186 Å². The average Bonchev–Trinajstić information content (AvgIpc) is 2.75. The maximum atomic E-state index is 12.8. The Morgan fingerprint density at radius 1 is 0.968 bits per heavy atom. The van der Waals surface area contributed by atoms with Crippen molar-refractivity contribution in [2.45, 2.75) is 11.8 Å². The molecule has 0 radical (unpaired) electrons. The minimum Gasteiger partial charge on any atom is -0.497 e. The van der Waals surface area contributed by atoms with Crippen molar-refractivity contribution >= 4 is 38.9 Å². The predicted molar refractivity (Wildman–Crippen MR) is 121 cm³/mol. The number of ether oxygens (including phenoxy) is 2. The zero-order valence-electron chi connectivity index (χ0n) is 16.9. The molecule has 0 aliphatic heterocycles. The molecule has 1 amide bonds. The summed E-state index contributed by atoms with van der Waals surface area (Å²) in [5.41, 5.74) is 0.876. The highest BCUT2D eigenvalue weighted by atomic mass is 35.5. The SMILES string of the molecule is CCOc1ccc(NS(=O)(=O)c2ccc(Cl)c(C(=O)Nc3cccc(OC)c3)c2)cc1. The van der Waals surface area contributed by atoms with Gasteiger partial charge in [-0.2, -0.15) is 0 Å². The Bertz CT molecular complexity index is 1180. The van der Waals surface area contributed by atoms with Crippen molar-refractivity contribution < 1.29 is 22.7 Å². The zero-order valence-corrected chi connectivity index (χ0v) is 18.5. The highest BCUT2D eigenvalue weighted by molar-refractivity contribution is 7.92. The minimum absolute atomic E-state index is 0.0269. The monoisotopic (exact) mass is 460 g/mol. The molecule has 0 aliphatic carbocycles. The molecule has 7 nitrogen and oxygen atoms in total. The normalized spacial score (nSPS) is 10.9. The largest absolute Gasteiger partial charge is 0.497 e. The van der Waals surface area contributed by atoms with Gasteiger partial charge in [-0.15, -0.1) is 0 Å². The van der Waals surface area contributed by atoms with Crippen LogP contribution in [-0.2, 0) is 10.0 Å². The molecule has 0 aromatic heterocycles. The van der Waals surface area contributed by atoms with Crippen LogP contribution in [0.3, 0.4) is 0 Å². The number of carbonyl (C=O) groups excluding carboxylic acids is 1. The Hall–Kier alpha value is -3.23. The van der Waals surface area contributed by atoms with Gasteiger partial charge in [0.05, 0.1) is 29.2 Å². The molecule has 31 heavy (non-hydrogen) atoms. The van der Waals surface area contributed by atoms with E-state index in [1.54, 1.807) is 48.5 Å². The Balaban J connectivity index is 1.82. The Kier molecular flexibility index (Phi) is 7.04. The number of rotatable bonds is 8. The van der Waals surface area contributed by atoms with E-state index in [0.29, 0.717) is 29.5 Å². The second kappa shape index (κ2) is 9.72. The van der Waals surface area contributed by atoms with Gasteiger partial charge in [0.15, 0.2) is 0 Å².